The Kier molecular flexibility index (Phi) is 38.4. The van der Waals surface area contributed by atoms with Crippen molar-refractivity contribution in [2.75, 3.05) is 0 Å². The largest absolute Gasteiger partial charge is 0.412 e. The monoisotopic (exact) mass is 609 g/mol. The number of ether oxygens (including phenoxy) is 1. The number of hydrogen-bond donors (Lipinski definition) is 2. The van der Waals surface area contributed by atoms with Crippen molar-refractivity contribution in [1.29, 1.82) is 0 Å². The van der Waals surface area contributed by atoms with Crippen LogP contribution in [-0.4, -0.2) is 18.0 Å². The van der Waals surface area contributed by atoms with E-state index in [1.807, 2.05) is 0 Å². The molecule has 0 aromatic heterocycles. The minimum atomic E-state index is -1.01. The molecule has 0 saturated heterocycles. The zero-order chi connectivity index (χ0) is 32.1. The van der Waals surface area contributed by atoms with Gasteiger partial charge in [0, 0.05) is 12.8 Å². The fourth-order valence-electron chi connectivity index (χ4n) is 5.17. The van der Waals surface area contributed by atoms with Crippen LogP contribution in [0.15, 0.2) is 12.2 Å². The lowest BCUT2D eigenvalue weighted by Gasteiger charge is -2.03. The molecule has 0 aliphatic carbocycles. The van der Waals surface area contributed by atoms with Crippen LogP contribution >= 0.6 is 0 Å². The van der Waals surface area contributed by atoms with Crippen molar-refractivity contribution in [2.24, 2.45) is 11.5 Å². The second-order valence-electron chi connectivity index (χ2n) is 12.3. The van der Waals surface area contributed by atoms with E-state index >= 15 is 0 Å². The maximum absolute atomic E-state index is 11.1. The maximum atomic E-state index is 11.1. The van der Waals surface area contributed by atoms with E-state index in [2.05, 4.69) is 30.7 Å². The van der Waals surface area contributed by atoms with Crippen LogP contribution in [0.2, 0.25) is 0 Å². The highest BCUT2D eigenvalue weighted by molar-refractivity contribution is 5.83. The van der Waals surface area contributed by atoms with Crippen LogP contribution in [0, 0.1) is 0 Å². The Hall–Kier alpha value is -1.85. The molecule has 2 amide bonds. The van der Waals surface area contributed by atoms with Gasteiger partial charge in [0.05, 0.1) is 0 Å². The molecule has 0 aromatic carbocycles. The van der Waals surface area contributed by atoms with E-state index < -0.39 is 12.1 Å². The Labute approximate surface area is 266 Å². The molecule has 0 radical (unpaired) electrons. The molecule has 0 spiro atoms. The maximum Gasteiger partial charge on any atom is 0.412 e. The number of allylic oxidation sites excluding steroid dienone is 2. The number of hydrogen-bond acceptors (Lipinski definition) is 4. The summed E-state index contributed by atoms with van der Waals surface area (Å²) in [7, 11) is 0. The zero-order valence-corrected chi connectivity index (χ0v) is 28.7. The number of esters is 1. The molecule has 4 N–H and O–H groups in total. The highest BCUT2D eigenvalue weighted by atomic mass is 16.6. The van der Waals surface area contributed by atoms with E-state index in [-0.39, 0.29) is 12.3 Å². The summed E-state index contributed by atoms with van der Waals surface area (Å²) in [6, 6.07) is 0. The topological polar surface area (TPSA) is 112 Å². The quantitative estimate of drug-likeness (QED) is 0.0352. The van der Waals surface area contributed by atoms with Crippen molar-refractivity contribution < 1.29 is 19.1 Å². The molecule has 6 nitrogen and oxygen atoms in total. The first kappa shape index (κ1) is 43.3. The normalized spacial score (nSPS) is 10.9. The average Bonchev–Trinajstić information content (AvgIpc) is 2.97. The van der Waals surface area contributed by atoms with Gasteiger partial charge in [-0.3, -0.25) is 9.59 Å². The lowest BCUT2D eigenvalue weighted by Crippen LogP contribution is -2.18. The van der Waals surface area contributed by atoms with Crippen LogP contribution in [0.3, 0.4) is 0 Å². The van der Waals surface area contributed by atoms with Crippen LogP contribution in [0.4, 0.5) is 4.79 Å². The Balaban J connectivity index is 0. The van der Waals surface area contributed by atoms with Gasteiger partial charge in [-0.05, 0) is 38.5 Å². The number of rotatable bonds is 31. The molecule has 0 aliphatic rings. The van der Waals surface area contributed by atoms with Crippen molar-refractivity contribution >= 4 is 18.0 Å². The minimum Gasteiger partial charge on any atom is -0.376 e. The molecule has 0 bridgehead atoms. The van der Waals surface area contributed by atoms with E-state index in [1.165, 1.54) is 148 Å². The summed E-state index contributed by atoms with van der Waals surface area (Å²) in [5.74, 6) is -0.671. The van der Waals surface area contributed by atoms with Crippen LogP contribution in [-0.2, 0) is 14.3 Å². The van der Waals surface area contributed by atoms with E-state index in [9.17, 15) is 14.4 Å². The van der Waals surface area contributed by atoms with Gasteiger partial charge in [-0.2, -0.15) is 0 Å². The standard InChI is InChI=1S/C19H35NO3.C18H37NO/c1-2-3-4-5-6-7-8-9-10-11-12-13-14-15-16-17-18(21)23-19(20)22;1-2-3-4-5-6-7-8-9-10-11-12-13-14-15-16-17-18(19)20/h9-10H,2-8,11-17H2,1H3,(H2,20,22);2-17H2,1H3,(H2,19,20)/b10-9-;. The Morgan fingerprint density at radius 2 is 0.744 bits per heavy atom. The summed E-state index contributed by atoms with van der Waals surface area (Å²) in [5.41, 5.74) is 9.87. The summed E-state index contributed by atoms with van der Waals surface area (Å²) in [5, 5.41) is 0. The molecule has 0 saturated carbocycles. The first-order valence-electron chi connectivity index (χ1n) is 18.4. The molecule has 0 aliphatic heterocycles. The summed E-state index contributed by atoms with van der Waals surface area (Å²) in [4.78, 5) is 32.0. The second-order valence-corrected chi connectivity index (χ2v) is 12.3. The van der Waals surface area contributed by atoms with Crippen molar-refractivity contribution in [1.82, 2.24) is 0 Å². The number of primary amides is 2. The van der Waals surface area contributed by atoms with E-state index in [0.29, 0.717) is 6.42 Å². The van der Waals surface area contributed by atoms with Gasteiger partial charge in [0.25, 0.3) is 0 Å². The summed E-state index contributed by atoms with van der Waals surface area (Å²) < 4.78 is 4.26. The Morgan fingerprint density at radius 1 is 0.442 bits per heavy atom. The van der Waals surface area contributed by atoms with Crippen molar-refractivity contribution in [3.05, 3.63) is 12.2 Å². The first-order valence-corrected chi connectivity index (χ1v) is 18.4. The highest BCUT2D eigenvalue weighted by Crippen LogP contribution is 2.14. The third-order valence-corrected chi connectivity index (χ3v) is 7.88. The number of nitrogens with two attached hydrogens (primary N) is 2. The molecule has 43 heavy (non-hydrogen) atoms. The predicted molar refractivity (Wildman–Crippen MR) is 184 cm³/mol. The van der Waals surface area contributed by atoms with Gasteiger partial charge < -0.3 is 16.2 Å². The summed E-state index contributed by atoms with van der Waals surface area (Å²) in [6.07, 6.45) is 40.6. The zero-order valence-electron chi connectivity index (χ0n) is 28.7. The average molecular weight is 609 g/mol. The lowest BCUT2D eigenvalue weighted by atomic mass is 10.0. The van der Waals surface area contributed by atoms with Crippen LogP contribution in [0.1, 0.15) is 206 Å². The molecule has 0 aromatic rings. The van der Waals surface area contributed by atoms with Crippen LogP contribution < -0.4 is 11.5 Å². The fourth-order valence-corrected chi connectivity index (χ4v) is 5.17. The molecule has 0 unspecified atom stereocenters. The fraction of sp³-hybridized carbons (Fsp3) is 0.865. The molecule has 0 fully saturated rings. The van der Waals surface area contributed by atoms with Crippen molar-refractivity contribution in [2.45, 2.75) is 206 Å². The molecule has 0 heterocycles. The molecule has 254 valence electrons. The highest BCUT2D eigenvalue weighted by Gasteiger charge is 2.05. The van der Waals surface area contributed by atoms with Gasteiger partial charge in [-0.15, -0.1) is 0 Å². The molecule has 6 heteroatoms. The SMILES string of the molecule is CCCCCCCC/C=C\CCCCCCCC(=O)OC(N)=O.CCCCCCCCCCCCCCCCCC(N)=O. The molecular formula is C37H72N2O4. The summed E-state index contributed by atoms with van der Waals surface area (Å²) >= 11 is 0. The number of carbonyl (C=O) groups excluding carboxylic acids is 3. The van der Waals surface area contributed by atoms with Crippen LogP contribution in [0.25, 0.3) is 0 Å². The van der Waals surface area contributed by atoms with E-state index in [0.717, 1.165) is 32.1 Å². The van der Waals surface area contributed by atoms with E-state index in [1.54, 1.807) is 0 Å². The molecule has 0 rings (SSSR count). The van der Waals surface area contributed by atoms with Crippen LogP contribution in [0.5, 0.6) is 0 Å². The second kappa shape index (κ2) is 38.2. The first-order chi connectivity index (χ1) is 20.9. The van der Waals surface area contributed by atoms with Crippen molar-refractivity contribution in [3.63, 3.8) is 0 Å². The number of amides is 2. The Morgan fingerprint density at radius 3 is 1.07 bits per heavy atom. The summed E-state index contributed by atoms with van der Waals surface area (Å²) in [6.45, 7) is 4.53. The third kappa shape index (κ3) is 44.7. The van der Waals surface area contributed by atoms with E-state index in [4.69, 9.17) is 11.5 Å². The van der Waals surface area contributed by atoms with Gasteiger partial charge in [0.1, 0.15) is 0 Å². The number of carbonyl (C=O) groups is 3. The minimum absolute atomic E-state index is 0.153. The lowest BCUT2D eigenvalue weighted by molar-refractivity contribution is -0.137. The van der Waals surface area contributed by atoms with Crippen molar-refractivity contribution in [3.8, 4) is 0 Å². The predicted octanol–water partition coefficient (Wildman–Crippen LogP) is 11.4. The van der Waals surface area contributed by atoms with Gasteiger partial charge in [-0.1, -0.05) is 167 Å². The molecule has 0 atom stereocenters. The number of unbranched alkanes of at least 4 members (excludes halogenated alkanes) is 25. The Bertz CT molecular complexity index is 636. The third-order valence-electron chi connectivity index (χ3n) is 7.88. The van der Waals surface area contributed by atoms with Gasteiger partial charge in [0.2, 0.25) is 5.91 Å². The molecular weight excluding hydrogens is 536 g/mol. The van der Waals surface area contributed by atoms with Gasteiger partial charge in [-0.25, -0.2) is 4.79 Å². The smallest absolute Gasteiger partial charge is 0.376 e. The van der Waals surface area contributed by atoms with Gasteiger partial charge in [0.15, 0.2) is 0 Å². The van der Waals surface area contributed by atoms with Gasteiger partial charge >= 0.3 is 12.1 Å².